The molecule has 1 amide bonds. The Morgan fingerprint density at radius 1 is 1.10 bits per heavy atom. The molecule has 4 aromatic rings. The van der Waals surface area contributed by atoms with Gasteiger partial charge in [-0.05, 0) is 72.4 Å². The van der Waals surface area contributed by atoms with E-state index < -0.39 is 0 Å². The Hall–Kier alpha value is -3.10. The second-order valence-electron chi connectivity index (χ2n) is 6.85. The van der Waals surface area contributed by atoms with Gasteiger partial charge in [-0.3, -0.25) is 10.1 Å². The second-order valence-corrected chi connectivity index (χ2v) is 8.20. The Kier molecular flexibility index (Phi) is 6.15. The van der Waals surface area contributed by atoms with E-state index in [4.69, 9.17) is 12.2 Å². The van der Waals surface area contributed by atoms with E-state index in [-0.39, 0.29) is 11.0 Å². The maximum Gasteiger partial charge on any atom is 0.267 e. The lowest BCUT2D eigenvalue weighted by molar-refractivity contribution is 0.0981. The second kappa shape index (κ2) is 9.15. The number of aryl methyl sites for hydroxylation is 1. The molecule has 0 aliphatic heterocycles. The van der Waals surface area contributed by atoms with Crippen LogP contribution in [0.15, 0.2) is 60.0 Å². The summed E-state index contributed by atoms with van der Waals surface area (Å²) in [6, 6.07) is 17.5. The molecule has 4 rings (SSSR count). The van der Waals surface area contributed by atoms with E-state index in [0.29, 0.717) is 4.88 Å². The predicted molar refractivity (Wildman–Crippen MR) is 125 cm³/mol. The molecule has 2 aromatic carbocycles. The molecule has 0 spiro atoms. The Morgan fingerprint density at radius 3 is 2.63 bits per heavy atom. The van der Waals surface area contributed by atoms with Gasteiger partial charge in [0.1, 0.15) is 11.0 Å². The van der Waals surface area contributed by atoms with Gasteiger partial charge in [-0.1, -0.05) is 31.5 Å². The number of aromatic nitrogens is 3. The Bertz CT molecular complexity index is 1170. The monoisotopic (exact) mass is 435 g/mol. The molecule has 0 saturated heterocycles. The fraction of sp³-hybridized carbons (Fsp3) is 0.182. The number of carbonyl (C=O) groups is 1. The van der Waals surface area contributed by atoms with Crippen molar-refractivity contribution in [2.45, 2.75) is 26.2 Å². The average Bonchev–Trinajstić information content (AvgIpc) is 3.42. The summed E-state index contributed by atoms with van der Waals surface area (Å²) in [7, 11) is 0. The number of rotatable bonds is 6. The highest BCUT2D eigenvalue weighted by Crippen LogP contribution is 2.18. The van der Waals surface area contributed by atoms with Crippen molar-refractivity contribution < 1.29 is 4.79 Å². The quantitative estimate of drug-likeness (QED) is 0.419. The first kappa shape index (κ1) is 20.2. The van der Waals surface area contributed by atoms with Crippen LogP contribution in [0.2, 0.25) is 0 Å². The number of thiocarbonyl (C=S) groups is 1. The molecule has 2 aromatic heterocycles. The first-order chi connectivity index (χ1) is 14.6. The van der Waals surface area contributed by atoms with Gasteiger partial charge in [0.15, 0.2) is 5.11 Å². The zero-order valence-electron chi connectivity index (χ0n) is 16.5. The number of nitrogens with one attached hydrogen (secondary N) is 2. The molecule has 0 aliphatic carbocycles. The third-order valence-corrected chi connectivity index (χ3v) is 5.67. The number of thiophene rings is 1. The van der Waals surface area contributed by atoms with E-state index in [1.807, 2.05) is 41.8 Å². The van der Waals surface area contributed by atoms with Crippen molar-refractivity contribution >= 4 is 51.3 Å². The molecule has 30 heavy (non-hydrogen) atoms. The average molecular weight is 436 g/mol. The fourth-order valence-corrected chi connectivity index (χ4v) is 3.85. The van der Waals surface area contributed by atoms with Gasteiger partial charge >= 0.3 is 0 Å². The van der Waals surface area contributed by atoms with Crippen LogP contribution in [0.1, 0.15) is 35.0 Å². The van der Waals surface area contributed by atoms with Crippen LogP contribution in [0, 0.1) is 0 Å². The molecule has 152 valence electrons. The summed E-state index contributed by atoms with van der Waals surface area (Å²) >= 11 is 6.62. The van der Waals surface area contributed by atoms with Crippen LogP contribution < -0.4 is 10.6 Å². The smallest absolute Gasteiger partial charge is 0.267 e. The van der Waals surface area contributed by atoms with Crippen LogP contribution in [-0.2, 0) is 6.42 Å². The molecule has 0 atom stereocenters. The Labute approximate surface area is 183 Å². The van der Waals surface area contributed by atoms with Gasteiger partial charge < -0.3 is 5.32 Å². The Morgan fingerprint density at radius 2 is 1.90 bits per heavy atom. The molecule has 0 fully saturated rings. The molecule has 0 bridgehead atoms. The number of hydrogen-bond acceptors (Lipinski definition) is 5. The molecule has 8 heteroatoms. The van der Waals surface area contributed by atoms with Crippen molar-refractivity contribution in [1.82, 2.24) is 20.3 Å². The number of nitrogens with zero attached hydrogens (tertiary/aromatic N) is 3. The van der Waals surface area contributed by atoms with E-state index in [1.165, 1.54) is 29.7 Å². The van der Waals surface area contributed by atoms with Gasteiger partial charge in [0, 0.05) is 5.69 Å². The van der Waals surface area contributed by atoms with Gasteiger partial charge in [0.05, 0.1) is 10.6 Å². The van der Waals surface area contributed by atoms with E-state index >= 15 is 0 Å². The summed E-state index contributed by atoms with van der Waals surface area (Å²) in [6.07, 6.45) is 3.46. The van der Waals surface area contributed by atoms with Crippen molar-refractivity contribution in [2.24, 2.45) is 0 Å². The summed E-state index contributed by atoms with van der Waals surface area (Å²) in [5.41, 5.74) is 4.49. The minimum absolute atomic E-state index is 0.225. The van der Waals surface area contributed by atoms with Crippen LogP contribution in [0.25, 0.3) is 16.7 Å². The number of fused-ring (bicyclic) bond motifs is 1. The maximum absolute atomic E-state index is 12.1. The highest BCUT2D eigenvalue weighted by atomic mass is 32.1. The van der Waals surface area contributed by atoms with Crippen molar-refractivity contribution in [3.05, 3.63) is 70.4 Å². The standard InChI is InChI=1S/C22H21N5OS2/c1-2-3-5-15-7-10-17(11-8-15)27-25-18-12-9-16(14-19(18)26-27)23-22(29)24-21(28)20-6-4-13-30-20/h4,6-14H,2-3,5H2,1H3,(H2,23,24,28,29). The van der Waals surface area contributed by atoms with Crippen LogP contribution >= 0.6 is 23.6 Å². The van der Waals surface area contributed by atoms with Gasteiger partial charge in [0.2, 0.25) is 0 Å². The zero-order valence-corrected chi connectivity index (χ0v) is 18.1. The van der Waals surface area contributed by atoms with Gasteiger partial charge in [0.25, 0.3) is 5.91 Å². The van der Waals surface area contributed by atoms with Crippen LogP contribution in [-0.4, -0.2) is 26.0 Å². The van der Waals surface area contributed by atoms with Crippen molar-refractivity contribution in [3.8, 4) is 5.69 Å². The fourth-order valence-electron chi connectivity index (χ4n) is 3.02. The summed E-state index contributed by atoms with van der Waals surface area (Å²) in [6.45, 7) is 2.20. The van der Waals surface area contributed by atoms with Crippen molar-refractivity contribution in [1.29, 1.82) is 0 Å². The SMILES string of the molecule is CCCCc1ccc(-n2nc3ccc(NC(=S)NC(=O)c4cccs4)cc3n2)cc1. The molecule has 0 radical (unpaired) electrons. The summed E-state index contributed by atoms with van der Waals surface area (Å²) in [4.78, 5) is 14.4. The van der Waals surface area contributed by atoms with Crippen LogP contribution in [0.3, 0.4) is 0 Å². The van der Waals surface area contributed by atoms with Crippen molar-refractivity contribution in [2.75, 3.05) is 5.32 Å². The topological polar surface area (TPSA) is 71.8 Å². The molecular weight excluding hydrogens is 414 g/mol. The molecule has 0 saturated carbocycles. The number of carbonyl (C=O) groups excluding carboxylic acids is 1. The van der Waals surface area contributed by atoms with Crippen molar-refractivity contribution in [3.63, 3.8) is 0 Å². The summed E-state index contributed by atoms with van der Waals surface area (Å²) < 4.78 is 0. The summed E-state index contributed by atoms with van der Waals surface area (Å²) in [5.74, 6) is -0.225. The van der Waals surface area contributed by atoms with Gasteiger partial charge in [-0.25, -0.2) is 0 Å². The molecular formula is C22H21N5OS2. The van der Waals surface area contributed by atoms with E-state index in [9.17, 15) is 4.79 Å². The minimum atomic E-state index is -0.225. The molecule has 6 nitrogen and oxygen atoms in total. The third-order valence-electron chi connectivity index (χ3n) is 4.60. The van der Waals surface area contributed by atoms with E-state index in [1.54, 1.807) is 10.9 Å². The number of anilines is 1. The third kappa shape index (κ3) is 4.72. The molecule has 2 N–H and O–H groups in total. The molecule has 0 aliphatic rings. The maximum atomic E-state index is 12.1. The number of hydrogen-bond donors (Lipinski definition) is 2. The van der Waals surface area contributed by atoms with Crippen LogP contribution in [0.5, 0.6) is 0 Å². The van der Waals surface area contributed by atoms with Crippen LogP contribution in [0.4, 0.5) is 5.69 Å². The first-order valence-corrected chi connectivity index (χ1v) is 11.0. The van der Waals surface area contributed by atoms with E-state index in [0.717, 1.165) is 28.8 Å². The lowest BCUT2D eigenvalue weighted by atomic mass is 10.1. The first-order valence-electron chi connectivity index (χ1n) is 9.74. The van der Waals surface area contributed by atoms with E-state index in [2.05, 4.69) is 39.9 Å². The normalized spacial score (nSPS) is 10.8. The Balaban J connectivity index is 1.45. The lowest BCUT2D eigenvalue weighted by Gasteiger charge is -2.08. The molecule has 0 unspecified atom stereocenters. The minimum Gasteiger partial charge on any atom is -0.332 e. The summed E-state index contributed by atoms with van der Waals surface area (Å²) in [5, 5.41) is 16.9. The van der Waals surface area contributed by atoms with Gasteiger partial charge in [-0.15, -0.1) is 21.5 Å². The number of benzene rings is 2. The predicted octanol–water partition coefficient (Wildman–Crippen LogP) is 4.95. The highest BCUT2D eigenvalue weighted by molar-refractivity contribution is 7.80. The highest BCUT2D eigenvalue weighted by Gasteiger charge is 2.10. The molecule has 2 heterocycles. The lowest BCUT2D eigenvalue weighted by Crippen LogP contribution is -2.33. The number of unbranched alkanes of at least 4 members (excludes halogenated alkanes) is 1. The number of amides is 1. The zero-order chi connectivity index (χ0) is 20.9. The van der Waals surface area contributed by atoms with Gasteiger partial charge in [-0.2, -0.15) is 4.80 Å². The largest absolute Gasteiger partial charge is 0.332 e.